The van der Waals surface area contributed by atoms with E-state index in [0.717, 1.165) is 12.8 Å². The van der Waals surface area contributed by atoms with Gasteiger partial charge in [0.1, 0.15) is 0 Å². The maximum Gasteiger partial charge on any atom is 0.413 e. The molecule has 0 saturated carbocycles. The van der Waals surface area contributed by atoms with Crippen LogP contribution in [0.4, 0.5) is 0 Å². The highest BCUT2D eigenvalue weighted by Gasteiger charge is 2.28. The van der Waals surface area contributed by atoms with E-state index in [0.29, 0.717) is 6.42 Å². The van der Waals surface area contributed by atoms with Crippen LogP contribution in [0.5, 0.6) is 0 Å². The van der Waals surface area contributed by atoms with Crippen LogP contribution >= 0.6 is 0 Å². The lowest BCUT2D eigenvalue weighted by atomic mass is 10.1. The molecule has 0 aromatic heterocycles. The van der Waals surface area contributed by atoms with Gasteiger partial charge in [-0.1, -0.05) is 77.6 Å². The van der Waals surface area contributed by atoms with Crippen molar-refractivity contribution in [2.24, 2.45) is 5.90 Å². The molecule has 2 N–H and O–H groups in total. The maximum atomic E-state index is 11.0. The van der Waals surface area contributed by atoms with Crippen molar-refractivity contribution >= 4 is 10.5 Å². The van der Waals surface area contributed by atoms with Gasteiger partial charge >= 0.3 is 10.5 Å². The molecule has 0 rings (SSSR count). The number of hydrogen-bond donors (Lipinski definition) is 1. The quantitative estimate of drug-likeness (QED) is 0.270. The number of hydrogen-bond acceptors (Lipinski definition) is 3. The first-order valence-electron chi connectivity index (χ1n) is 8.23. The van der Waals surface area contributed by atoms with E-state index < -0.39 is 10.5 Å². The van der Waals surface area contributed by atoms with Crippen LogP contribution in [-0.4, -0.2) is 5.75 Å². The van der Waals surface area contributed by atoms with Crippen LogP contribution in [0.15, 0.2) is 0 Å². The summed E-state index contributed by atoms with van der Waals surface area (Å²) in [6.45, 7) is 2.25. The molecule has 0 aromatic carbocycles. The molecule has 0 bridgehead atoms. The Morgan fingerprint density at radius 3 is 1.45 bits per heavy atom. The van der Waals surface area contributed by atoms with Crippen molar-refractivity contribution in [2.75, 3.05) is 5.75 Å². The van der Waals surface area contributed by atoms with Crippen LogP contribution in [0.25, 0.3) is 0 Å². The van der Waals surface area contributed by atoms with E-state index >= 15 is 0 Å². The van der Waals surface area contributed by atoms with Crippen molar-refractivity contribution in [2.45, 2.75) is 90.4 Å². The van der Waals surface area contributed by atoms with Crippen LogP contribution in [0.3, 0.4) is 0 Å². The summed E-state index contributed by atoms with van der Waals surface area (Å²) in [6, 6.07) is 0. The fourth-order valence-electron chi connectivity index (χ4n) is 2.34. The molecule has 1 unspecified atom stereocenters. The smallest absolute Gasteiger partial charge is 0.161 e. The Bertz CT molecular complexity index is 249. The Labute approximate surface area is 126 Å². The van der Waals surface area contributed by atoms with Crippen LogP contribution in [0.1, 0.15) is 90.4 Å². The van der Waals surface area contributed by atoms with E-state index in [1.807, 2.05) is 0 Å². The Hall–Kier alpha value is 0.0300. The Balaban J connectivity index is 3.08. The number of nitrogens with two attached hydrogens (primary N) is 1. The Morgan fingerprint density at radius 2 is 1.10 bits per heavy atom. The van der Waals surface area contributed by atoms with Gasteiger partial charge in [0.05, 0.1) is 4.55 Å². The molecular weight excluding hydrogens is 274 g/mol. The molecule has 1 radical (unpaired) electrons. The summed E-state index contributed by atoms with van der Waals surface area (Å²) in [5.41, 5.74) is 0. The minimum atomic E-state index is -3.46. The highest BCUT2D eigenvalue weighted by Crippen LogP contribution is 2.13. The second-order valence-corrected chi connectivity index (χ2v) is 7.32. The van der Waals surface area contributed by atoms with E-state index in [4.69, 9.17) is 0 Å². The van der Waals surface area contributed by atoms with Gasteiger partial charge in [-0.15, -0.1) is 0 Å². The predicted molar refractivity (Wildman–Crippen MR) is 84.6 cm³/mol. The highest BCUT2D eigenvalue weighted by atomic mass is 32.3. The van der Waals surface area contributed by atoms with Crippen molar-refractivity contribution in [3.05, 3.63) is 0 Å². The molecule has 4 nitrogen and oxygen atoms in total. The average Bonchev–Trinajstić information content (AvgIpc) is 2.44. The molecule has 0 amide bonds. The lowest BCUT2D eigenvalue weighted by Crippen LogP contribution is -2.20. The molecule has 0 aliphatic heterocycles. The van der Waals surface area contributed by atoms with Crippen LogP contribution in [0.2, 0.25) is 0 Å². The minimum absolute atomic E-state index is 0.0429. The highest BCUT2D eigenvalue weighted by molar-refractivity contribution is 7.92. The summed E-state index contributed by atoms with van der Waals surface area (Å²) < 4.78 is 25.8. The number of unbranched alkanes of at least 4 members (excludes halogenated alkanes) is 12. The first-order valence-corrected chi connectivity index (χ1v) is 9.81. The molecule has 0 heterocycles. The summed E-state index contributed by atoms with van der Waals surface area (Å²) in [4.78, 5) is 0. The van der Waals surface area contributed by atoms with E-state index in [-0.39, 0.29) is 5.75 Å². The van der Waals surface area contributed by atoms with Crippen LogP contribution < -0.4 is 5.90 Å². The molecule has 0 aliphatic carbocycles. The topological polar surface area (TPSA) is 72.2 Å². The zero-order valence-corrected chi connectivity index (χ0v) is 13.9. The molecule has 5 heteroatoms. The fourth-order valence-corrected chi connectivity index (χ4v) is 3.00. The SMILES string of the molecule is CCCCCCCCCCCCCCC[S+]([O])(=O)ON. The van der Waals surface area contributed by atoms with E-state index in [2.05, 4.69) is 17.1 Å². The predicted octanol–water partition coefficient (Wildman–Crippen LogP) is 4.73. The second kappa shape index (κ2) is 14.0. The zero-order chi connectivity index (χ0) is 15.1. The van der Waals surface area contributed by atoms with Gasteiger partial charge in [-0.2, -0.15) is 5.90 Å². The van der Waals surface area contributed by atoms with Crippen molar-refractivity contribution in [3.63, 3.8) is 0 Å². The van der Waals surface area contributed by atoms with Gasteiger partial charge in [0.25, 0.3) is 0 Å². The monoisotopic (exact) mass is 307 g/mol. The van der Waals surface area contributed by atoms with Gasteiger partial charge in [0.15, 0.2) is 5.75 Å². The van der Waals surface area contributed by atoms with Crippen LogP contribution in [0, 0.1) is 0 Å². The maximum absolute atomic E-state index is 11.0. The minimum Gasteiger partial charge on any atom is -0.161 e. The first kappa shape index (κ1) is 20.0. The van der Waals surface area contributed by atoms with Crippen molar-refractivity contribution < 1.29 is 13.0 Å². The van der Waals surface area contributed by atoms with Gasteiger partial charge < -0.3 is 0 Å². The third-order valence-corrected chi connectivity index (χ3v) is 4.73. The molecular formula is C15H33NO3S+. The van der Waals surface area contributed by atoms with Gasteiger partial charge in [-0.3, -0.25) is 0 Å². The molecule has 0 saturated heterocycles. The molecule has 0 aromatic rings. The lowest BCUT2D eigenvalue weighted by molar-refractivity contribution is 0.261. The molecule has 20 heavy (non-hydrogen) atoms. The fraction of sp³-hybridized carbons (Fsp3) is 1.00. The summed E-state index contributed by atoms with van der Waals surface area (Å²) >= 11 is 0. The summed E-state index contributed by atoms with van der Waals surface area (Å²) in [5.74, 6) is 4.71. The van der Waals surface area contributed by atoms with Crippen LogP contribution in [-0.2, 0) is 23.5 Å². The molecule has 0 spiro atoms. The van der Waals surface area contributed by atoms with E-state index in [9.17, 15) is 8.76 Å². The van der Waals surface area contributed by atoms with E-state index in [1.54, 1.807) is 0 Å². The normalized spacial score (nSPS) is 14.3. The molecule has 0 aliphatic rings. The van der Waals surface area contributed by atoms with Crippen molar-refractivity contribution in [1.29, 1.82) is 0 Å². The second-order valence-electron chi connectivity index (χ2n) is 5.60. The largest absolute Gasteiger partial charge is 0.413 e. The standard InChI is InChI=1S/C15H33NO3S/c1-2-3-4-5-6-7-8-9-10-11-12-13-14-15-20(17,18)19-16/h2-16H2,1H3/q+1. The lowest BCUT2D eigenvalue weighted by Gasteiger charge is -2.02. The van der Waals surface area contributed by atoms with Crippen molar-refractivity contribution in [1.82, 2.24) is 0 Å². The molecule has 121 valence electrons. The van der Waals surface area contributed by atoms with E-state index in [1.165, 1.54) is 64.2 Å². The van der Waals surface area contributed by atoms with Gasteiger partial charge in [0, 0.05) is 0 Å². The first-order chi connectivity index (χ1) is 9.62. The third-order valence-electron chi connectivity index (χ3n) is 3.64. The Morgan fingerprint density at radius 1 is 0.750 bits per heavy atom. The molecule has 0 fully saturated rings. The summed E-state index contributed by atoms with van der Waals surface area (Å²) in [6.07, 6.45) is 16.1. The van der Waals surface area contributed by atoms with Gasteiger partial charge in [-0.05, 0) is 21.3 Å². The summed E-state index contributed by atoms with van der Waals surface area (Å²) in [7, 11) is -3.46. The van der Waals surface area contributed by atoms with Crippen molar-refractivity contribution in [3.8, 4) is 0 Å². The Kier molecular flexibility index (Phi) is 14.0. The summed E-state index contributed by atoms with van der Waals surface area (Å²) in [5, 5.41) is 0. The van der Waals surface area contributed by atoms with Gasteiger partial charge in [-0.25, -0.2) is 0 Å². The zero-order valence-electron chi connectivity index (χ0n) is 13.1. The average molecular weight is 308 g/mol. The van der Waals surface area contributed by atoms with Gasteiger partial charge in [0.2, 0.25) is 0 Å². The molecule has 1 atom stereocenters. The number of rotatable bonds is 15. The third kappa shape index (κ3) is 14.4.